The number of ketones is 1. The monoisotopic (exact) mass is 160 g/mol. The quantitative estimate of drug-likeness (QED) is 0.434. The summed E-state index contributed by atoms with van der Waals surface area (Å²) in [6, 6.07) is -0.906. The first-order valence-electron chi connectivity index (χ1n) is 3.32. The summed E-state index contributed by atoms with van der Waals surface area (Å²) in [5.41, 5.74) is 10.4. The first-order chi connectivity index (χ1) is 5.09. The summed E-state index contributed by atoms with van der Waals surface area (Å²) in [4.78, 5) is 20.6. The van der Waals surface area contributed by atoms with E-state index in [1.54, 1.807) is 0 Å². The van der Waals surface area contributed by atoms with Crippen molar-refractivity contribution in [2.75, 3.05) is 6.54 Å². The molecule has 11 heavy (non-hydrogen) atoms. The van der Waals surface area contributed by atoms with Gasteiger partial charge in [-0.3, -0.25) is 4.79 Å². The Morgan fingerprint density at radius 2 is 2.00 bits per heavy atom. The highest BCUT2D eigenvalue weighted by atomic mass is 16.4. The van der Waals surface area contributed by atoms with Crippen LogP contribution in [-0.4, -0.2) is 29.4 Å². The SMILES string of the molecule is NCCC[C@H](N)C(=O)C(=O)O. The Morgan fingerprint density at radius 3 is 2.36 bits per heavy atom. The fourth-order valence-electron chi connectivity index (χ4n) is 0.627. The maximum Gasteiger partial charge on any atom is 0.373 e. The molecular weight excluding hydrogens is 148 g/mol. The number of aliphatic carboxylic acids is 1. The van der Waals surface area contributed by atoms with Gasteiger partial charge in [-0.2, -0.15) is 0 Å². The molecule has 5 heteroatoms. The molecule has 0 aromatic heterocycles. The van der Waals surface area contributed by atoms with E-state index in [9.17, 15) is 9.59 Å². The fraction of sp³-hybridized carbons (Fsp3) is 0.667. The zero-order valence-corrected chi connectivity index (χ0v) is 6.12. The van der Waals surface area contributed by atoms with E-state index in [-0.39, 0.29) is 0 Å². The molecule has 0 aromatic carbocycles. The molecule has 5 N–H and O–H groups in total. The minimum absolute atomic E-state index is 0.335. The van der Waals surface area contributed by atoms with Gasteiger partial charge in [-0.1, -0.05) is 0 Å². The van der Waals surface area contributed by atoms with E-state index in [4.69, 9.17) is 16.6 Å². The Bertz CT molecular complexity index is 158. The number of carbonyl (C=O) groups excluding carboxylic acids is 1. The van der Waals surface area contributed by atoms with Gasteiger partial charge in [-0.05, 0) is 19.4 Å². The van der Waals surface area contributed by atoms with Crippen molar-refractivity contribution in [3.05, 3.63) is 0 Å². The molecule has 0 rings (SSSR count). The molecule has 0 amide bonds. The highest BCUT2D eigenvalue weighted by Crippen LogP contribution is 1.93. The first-order valence-corrected chi connectivity index (χ1v) is 3.32. The number of hydrogen-bond acceptors (Lipinski definition) is 4. The minimum Gasteiger partial charge on any atom is -0.475 e. The average molecular weight is 160 g/mol. The molecule has 0 unspecified atom stereocenters. The summed E-state index contributed by atoms with van der Waals surface area (Å²) in [6.45, 7) is 0.417. The number of rotatable bonds is 5. The Morgan fingerprint density at radius 1 is 1.45 bits per heavy atom. The lowest BCUT2D eigenvalue weighted by atomic mass is 10.1. The van der Waals surface area contributed by atoms with Gasteiger partial charge in [0.05, 0.1) is 6.04 Å². The molecule has 1 atom stereocenters. The number of carbonyl (C=O) groups is 2. The summed E-state index contributed by atoms with van der Waals surface area (Å²) >= 11 is 0. The van der Waals surface area contributed by atoms with Crippen molar-refractivity contribution in [3.8, 4) is 0 Å². The molecule has 0 radical (unpaired) electrons. The standard InChI is InChI=1S/C6H12N2O3/c7-3-1-2-4(8)5(9)6(10)11/h4H,1-3,7-8H2,(H,10,11)/t4-/m0/s1. The summed E-state index contributed by atoms with van der Waals surface area (Å²) in [5.74, 6) is -2.42. The van der Waals surface area contributed by atoms with Crippen LogP contribution in [-0.2, 0) is 9.59 Å². The van der Waals surface area contributed by atoms with Gasteiger partial charge in [-0.25, -0.2) is 4.79 Å². The highest BCUT2D eigenvalue weighted by molar-refractivity contribution is 6.34. The summed E-state index contributed by atoms with van der Waals surface area (Å²) in [5, 5.41) is 8.19. The van der Waals surface area contributed by atoms with Gasteiger partial charge in [0.2, 0.25) is 0 Å². The first kappa shape index (κ1) is 10.1. The number of carboxylic acid groups (broad SMARTS) is 1. The number of nitrogens with two attached hydrogens (primary N) is 2. The van der Waals surface area contributed by atoms with Crippen molar-refractivity contribution in [2.24, 2.45) is 11.5 Å². The molecule has 0 heterocycles. The zero-order chi connectivity index (χ0) is 8.85. The third-order valence-corrected chi connectivity index (χ3v) is 1.27. The summed E-state index contributed by atoms with van der Waals surface area (Å²) in [7, 11) is 0. The molecule has 64 valence electrons. The van der Waals surface area contributed by atoms with Crippen LogP contribution in [0.1, 0.15) is 12.8 Å². The fourth-order valence-corrected chi connectivity index (χ4v) is 0.627. The maximum absolute atomic E-state index is 10.6. The maximum atomic E-state index is 10.6. The Labute approximate surface area is 64.4 Å². The van der Waals surface area contributed by atoms with E-state index in [1.807, 2.05) is 0 Å². The van der Waals surface area contributed by atoms with Crippen LogP contribution in [0.4, 0.5) is 0 Å². The third kappa shape index (κ3) is 3.69. The number of hydrogen-bond donors (Lipinski definition) is 3. The Kier molecular flexibility index (Phi) is 4.40. The van der Waals surface area contributed by atoms with Gasteiger partial charge >= 0.3 is 5.97 Å². The van der Waals surface area contributed by atoms with Gasteiger partial charge in [0.25, 0.3) is 5.78 Å². The van der Waals surface area contributed by atoms with Gasteiger partial charge in [0.1, 0.15) is 0 Å². The Balaban J connectivity index is 3.73. The largest absolute Gasteiger partial charge is 0.475 e. The molecule has 0 aliphatic rings. The molecule has 0 spiro atoms. The topological polar surface area (TPSA) is 106 Å². The van der Waals surface area contributed by atoms with E-state index in [2.05, 4.69) is 0 Å². The van der Waals surface area contributed by atoms with E-state index in [1.165, 1.54) is 0 Å². The van der Waals surface area contributed by atoms with Crippen molar-refractivity contribution < 1.29 is 14.7 Å². The molecule has 0 aliphatic carbocycles. The average Bonchev–Trinajstić information content (AvgIpc) is 1.98. The number of Topliss-reactive ketones (excluding diaryl/α,β-unsaturated/α-hetero) is 1. The van der Waals surface area contributed by atoms with Gasteiger partial charge in [0, 0.05) is 0 Å². The van der Waals surface area contributed by atoms with Crippen LogP contribution in [0.2, 0.25) is 0 Å². The van der Waals surface area contributed by atoms with Crippen LogP contribution in [0.25, 0.3) is 0 Å². The molecule has 0 saturated carbocycles. The van der Waals surface area contributed by atoms with Crippen LogP contribution in [0.15, 0.2) is 0 Å². The molecule has 0 bridgehead atoms. The zero-order valence-electron chi connectivity index (χ0n) is 6.12. The van der Waals surface area contributed by atoms with Gasteiger partial charge in [-0.15, -0.1) is 0 Å². The van der Waals surface area contributed by atoms with Crippen LogP contribution in [0, 0.1) is 0 Å². The molecule has 0 aromatic rings. The molecule has 0 saturated heterocycles. The van der Waals surface area contributed by atoms with E-state index >= 15 is 0 Å². The second kappa shape index (κ2) is 4.81. The molecular formula is C6H12N2O3. The van der Waals surface area contributed by atoms with Crippen molar-refractivity contribution in [1.82, 2.24) is 0 Å². The molecule has 5 nitrogen and oxygen atoms in total. The predicted molar refractivity (Wildman–Crippen MR) is 38.9 cm³/mol. The van der Waals surface area contributed by atoms with Crippen LogP contribution in [0.3, 0.4) is 0 Å². The van der Waals surface area contributed by atoms with Crippen LogP contribution in [0.5, 0.6) is 0 Å². The lowest BCUT2D eigenvalue weighted by molar-refractivity contribution is -0.149. The lowest BCUT2D eigenvalue weighted by Crippen LogP contribution is -2.36. The highest BCUT2D eigenvalue weighted by Gasteiger charge is 2.19. The molecule has 0 fully saturated rings. The van der Waals surface area contributed by atoms with Crippen molar-refractivity contribution in [3.63, 3.8) is 0 Å². The predicted octanol–water partition coefficient (Wildman–Crippen LogP) is -1.29. The van der Waals surface area contributed by atoms with Crippen LogP contribution >= 0.6 is 0 Å². The normalized spacial score (nSPS) is 12.5. The smallest absolute Gasteiger partial charge is 0.373 e. The molecule has 0 aliphatic heterocycles. The summed E-state index contributed by atoms with van der Waals surface area (Å²) < 4.78 is 0. The van der Waals surface area contributed by atoms with Crippen molar-refractivity contribution >= 4 is 11.8 Å². The van der Waals surface area contributed by atoms with Gasteiger partial charge in [0.15, 0.2) is 0 Å². The minimum atomic E-state index is -1.48. The second-order valence-corrected chi connectivity index (χ2v) is 2.21. The lowest BCUT2D eigenvalue weighted by Gasteiger charge is -2.04. The summed E-state index contributed by atoms with van der Waals surface area (Å²) in [6.07, 6.45) is 0.905. The third-order valence-electron chi connectivity index (χ3n) is 1.27. The van der Waals surface area contributed by atoms with E-state index < -0.39 is 17.8 Å². The van der Waals surface area contributed by atoms with E-state index in [0.29, 0.717) is 19.4 Å². The number of carboxylic acids is 1. The van der Waals surface area contributed by atoms with E-state index in [0.717, 1.165) is 0 Å². The second-order valence-electron chi connectivity index (χ2n) is 2.21. The van der Waals surface area contributed by atoms with Crippen LogP contribution < -0.4 is 11.5 Å². The van der Waals surface area contributed by atoms with Crippen molar-refractivity contribution in [1.29, 1.82) is 0 Å². The van der Waals surface area contributed by atoms with Crippen molar-refractivity contribution in [2.45, 2.75) is 18.9 Å². The Hall–Kier alpha value is -0.940. The van der Waals surface area contributed by atoms with Gasteiger partial charge < -0.3 is 16.6 Å².